The van der Waals surface area contributed by atoms with Crippen molar-refractivity contribution >= 4 is 22.4 Å². The number of pyridine rings is 1. The molecule has 0 saturated heterocycles. The summed E-state index contributed by atoms with van der Waals surface area (Å²) in [6.45, 7) is 0. The summed E-state index contributed by atoms with van der Waals surface area (Å²) < 4.78 is 0. The zero-order valence-corrected chi connectivity index (χ0v) is 11.7. The fraction of sp³-hybridized carbons (Fsp3) is 0. The molecule has 0 atom stereocenters. The van der Waals surface area contributed by atoms with Crippen LogP contribution in [0.5, 0.6) is 5.75 Å². The van der Waals surface area contributed by atoms with Gasteiger partial charge in [-0.2, -0.15) is 0 Å². The molecule has 3 aromatic rings. The summed E-state index contributed by atoms with van der Waals surface area (Å²) in [5.41, 5.74) is 1.97. The first-order valence-corrected chi connectivity index (χ1v) is 7.07. The van der Waals surface area contributed by atoms with Gasteiger partial charge in [-0.05, 0) is 36.4 Å². The van der Waals surface area contributed by atoms with Crippen LogP contribution in [0, 0.1) is 0 Å². The molecule has 2 heterocycles. The molecule has 21 heavy (non-hydrogen) atoms. The third kappa shape index (κ3) is 3.06. The Morgan fingerprint density at radius 2 is 1.95 bits per heavy atom. The standard InChI is InChI=1S/C15H11N3O2S/c19-11-6-4-10(5-7-11)13-9-21-15(17-13)18-14(20)12-3-1-2-8-16-12/h1-9,19H,(H,17,18,20). The topological polar surface area (TPSA) is 75.1 Å². The second-order valence-corrected chi connectivity index (χ2v) is 5.11. The highest BCUT2D eigenvalue weighted by Gasteiger charge is 2.10. The van der Waals surface area contributed by atoms with E-state index in [9.17, 15) is 9.90 Å². The van der Waals surface area contributed by atoms with Gasteiger partial charge in [-0.1, -0.05) is 6.07 Å². The molecule has 2 aromatic heterocycles. The number of hydrogen-bond donors (Lipinski definition) is 2. The van der Waals surface area contributed by atoms with Crippen molar-refractivity contribution in [2.75, 3.05) is 5.32 Å². The number of carbonyl (C=O) groups excluding carboxylic acids is 1. The van der Waals surface area contributed by atoms with E-state index in [1.807, 2.05) is 5.38 Å². The molecule has 3 rings (SSSR count). The van der Waals surface area contributed by atoms with E-state index in [1.54, 1.807) is 48.7 Å². The molecule has 0 aliphatic heterocycles. The summed E-state index contributed by atoms with van der Waals surface area (Å²) in [7, 11) is 0. The van der Waals surface area contributed by atoms with Crippen LogP contribution in [0.1, 0.15) is 10.5 Å². The normalized spacial score (nSPS) is 10.3. The SMILES string of the molecule is O=C(Nc1nc(-c2ccc(O)cc2)cs1)c1ccccn1. The fourth-order valence-corrected chi connectivity index (χ4v) is 2.47. The van der Waals surface area contributed by atoms with Crippen LogP contribution in [-0.2, 0) is 0 Å². The van der Waals surface area contributed by atoms with Crippen LogP contribution in [0.25, 0.3) is 11.3 Å². The van der Waals surface area contributed by atoms with E-state index in [2.05, 4.69) is 15.3 Å². The molecule has 1 aromatic carbocycles. The molecule has 0 saturated carbocycles. The van der Waals surface area contributed by atoms with Gasteiger partial charge < -0.3 is 5.11 Å². The number of anilines is 1. The lowest BCUT2D eigenvalue weighted by molar-refractivity contribution is 0.102. The number of aromatic nitrogens is 2. The predicted octanol–water partition coefficient (Wildman–Crippen LogP) is 3.16. The van der Waals surface area contributed by atoms with E-state index in [1.165, 1.54) is 11.3 Å². The minimum atomic E-state index is -0.290. The zero-order chi connectivity index (χ0) is 14.7. The first-order chi connectivity index (χ1) is 10.2. The van der Waals surface area contributed by atoms with Gasteiger partial charge in [-0.25, -0.2) is 4.98 Å². The summed E-state index contributed by atoms with van der Waals surface area (Å²) in [6.07, 6.45) is 1.57. The third-order valence-corrected chi connectivity index (χ3v) is 3.54. The number of phenols is 1. The summed E-state index contributed by atoms with van der Waals surface area (Å²) in [5.74, 6) is -0.0835. The number of amides is 1. The smallest absolute Gasteiger partial charge is 0.276 e. The molecule has 104 valence electrons. The van der Waals surface area contributed by atoms with E-state index in [-0.39, 0.29) is 11.7 Å². The first-order valence-electron chi connectivity index (χ1n) is 6.20. The Hall–Kier alpha value is -2.73. The Morgan fingerprint density at radius 3 is 2.67 bits per heavy atom. The molecule has 0 aliphatic carbocycles. The number of phenolic OH excluding ortho intramolecular Hbond substituents is 1. The average molecular weight is 297 g/mol. The Balaban J connectivity index is 1.76. The molecule has 0 spiro atoms. The Labute approximate surface area is 124 Å². The van der Waals surface area contributed by atoms with Crippen LogP contribution < -0.4 is 5.32 Å². The van der Waals surface area contributed by atoms with Crippen LogP contribution in [0.3, 0.4) is 0 Å². The number of rotatable bonds is 3. The number of carbonyl (C=O) groups is 1. The number of nitrogens with one attached hydrogen (secondary N) is 1. The third-order valence-electron chi connectivity index (χ3n) is 2.79. The van der Waals surface area contributed by atoms with E-state index in [4.69, 9.17) is 0 Å². The summed E-state index contributed by atoms with van der Waals surface area (Å²) in [5, 5.41) is 14.3. The lowest BCUT2D eigenvalue weighted by atomic mass is 10.2. The number of nitrogens with zero attached hydrogens (tertiary/aromatic N) is 2. The Bertz CT molecular complexity index is 754. The Morgan fingerprint density at radius 1 is 1.14 bits per heavy atom. The van der Waals surface area contributed by atoms with Crippen molar-refractivity contribution in [2.45, 2.75) is 0 Å². The molecular formula is C15H11N3O2S. The monoisotopic (exact) mass is 297 g/mol. The van der Waals surface area contributed by atoms with E-state index < -0.39 is 0 Å². The lowest BCUT2D eigenvalue weighted by Gasteiger charge is -2.00. The van der Waals surface area contributed by atoms with Gasteiger partial charge in [0, 0.05) is 17.1 Å². The highest BCUT2D eigenvalue weighted by atomic mass is 32.1. The summed E-state index contributed by atoms with van der Waals surface area (Å²) >= 11 is 1.34. The van der Waals surface area contributed by atoms with E-state index in [0.29, 0.717) is 10.8 Å². The van der Waals surface area contributed by atoms with Gasteiger partial charge >= 0.3 is 0 Å². The van der Waals surface area contributed by atoms with Crippen molar-refractivity contribution in [3.8, 4) is 17.0 Å². The second kappa shape index (κ2) is 5.72. The van der Waals surface area contributed by atoms with Crippen molar-refractivity contribution in [3.05, 3.63) is 59.7 Å². The summed E-state index contributed by atoms with van der Waals surface area (Å²) in [6, 6.07) is 11.9. The maximum absolute atomic E-state index is 12.0. The quantitative estimate of drug-likeness (QED) is 0.778. The number of thiazole rings is 1. The van der Waals surface area contributed by atoms with Gasteiger partial charge in [0.2, 0.25) is 0 Å². The molecule has 5 nitrogen and oxygen atoms in total. The molecule has 6 heteroatoms. The first kappa shape index (κ1) is 13.3. The molecular weight excluding hydrogens is 286 g/mol. The minimum Gasteiger partial charge on any atom is -0.508 e. The van der Waals surface area contributed by atoms with Gasteiger partial charge in [0.05, 0.1) is 5.69 Å². The molecule has 2 N–H and O–H groups in total. The van der Waals surface area contributed by atoms with Gasteiger partial charge in [0.1, 0.15) is 11.4 Å². The fourth-order valence-electron chi connectivity index (χ4n) is 1.75. The molecule has 0 fully saturated rings. The van der Waals surface area contributed by atoms with Gasteiger partial charge in [0.25, 0.3) is 5.91 Å². The van der Waals surface area contributed by atoms with Crippen LogP contribution in [0.2, 0.25) is 0 Å². The predicted molar refractivity (Wildman–Crippen MR) is 81.4 cm³/mol. The number of aromatic hydroxyl groups is 1. The van der Waals surface area contributed by atoms with Crippen molar-refractivity contribution in [1.82, 2.24) is 9.97 Å². The highest BCUT2D eigenvalue weighted by molar-refractivity contribution is 7.14. The van der Waals surface area contributed by atoms with Gasteiger partial charge in [-0.15, -0.1) is 11.3 Å². The van der Waals surface area contributed by atoms with E-state index in [0.717, 1.165) is 11.3 Å². The molecule has 0 unspecified atom stereocenters. The van der Waals surface area contributed by atoms with Crippen molar-refractivity contribution in [2.24, 2.45) is 0 Å². The van der Waals surface area contributed by atoms with Crippen LogP contribution >= 0.6 is 11.3 Å². The van der Waals surface area contributed by atoms with Crippen LogP contribution in [-0.4, -0.2) is 21.0 Å². The summed E-state index contributed by atoms with van der Waals surface area (Å²) in [4.78, 5) is 20.3. The molecule has 0 radical (unpaired) electrons. The van der Waals surface area contributed by atoms with Crippen LogP contribution in [0.15, 0.2) is 54.0 Å². The maximum Gasteiger partial charge on any atom is 0.276 e. The molecule has 0 bridgehead atoms. The van der Waals surface area contributed by atoms with E-state index >= 15 is 0 Å². The number of hydrogen-bond acceptors (Lipinski definition) is 5. The number of benzene rings is 1. The molecule has 0 aliphatic rings. The van der Waals surface area contributed by atoms with Gasteiger partial charge in [-0.3, -0.25) is 15.1 Å². The van der Waals surface area contributed by atoms with Crippen LogP contribution in [0.4, 0.5) is 5.13 Å². The maximum atomic E-state index is 12.0. The van der Waals surface area contributed by atoms with Crippen molar-refractivity contribution in [1.29, 1.82) is 0 Å². The molecule has 1 amide bonds. The zero-order valence-electron chi connectivity index (χ0n) is 10.9. The minimum absolute atomic E-state index is 0.206. The van der Waals surface area contributed by atoms with Crippen molar-refractivity contribution in [3.63, 3.8) is 0 Å². The largest absolute Gasteiger partial charge is 0.508 e. The average Bonchev–Trinajstić information content (AvgIpc) is 2.97. The highest BCUT2D eigenvalue weighted by Crippen LogP contribution is 2.26. The lowest BCUT2D eigenvalue weighted by Crippen LogP contribution is -2.13. The second-order valence-electron chi connectivity index (χ2n) is 4.25. The van der Waals surface area contributed by atoms with Crippen molar-refractivity contribution < 1.29 is 9.90 Å². The Kier molecular flexibility index (Phi) is 3.61. The van der Waals surface area contributed by atoms with Gasteiger partial charge in [0.15, 0.2) is 5.13 Å².